The summed E-state index contributed by atoms with van der Waals surface area (Å²) in [7, 11) is 0. The molecule has 0 bridgehead atoms. The summed E-state index contributed by atoms with van der Waals surface area (Å²) >= 11 is 0. The molecule has 0 aliphatic rings. The van der Waals surface area contributed by atoms with Crippen molar-refractivity contribution in [2.45, 2.75) is 386 Å². The lowest BCUT2D eigenvalue weighted by Gasteiger charge is -2.18. The molecule has 0 aliphatic heterocycles. The molecule has 0 fully saturated rings. The van der Waals surface area contributed by atoms with Crippen molar-refractivity contribution in [2.24, 2.45) is 0 Å². The highest BCUT2D eigenvalue weighted by Gasteiger charge is 2.19. The average Bonchev–Trinajstić information content (AvgIpc) is 3.39. The number of ether oxygens (including phenoxy) is 3. The molecule has 6 heteroatoms. The van der Waals surface area contributed by atoms with E-state index in [-0.39, 0.29) is 31.1 Å². The first-order valence-electron chi connectivity index (χ1n) is 33.2. The smallest absolute Gasteiger partial charge is 0.306 e. The summed E-state index contributed by atoms with van der Waals surface area (Å²) in [5.41, 5.74) is 0. The minimum absolute atomic E-state index is 0.0636. The summed E-state index contributed by atoms with van der Waals surface area (Å²) in [4.78, 5) is 38.4. The molecular weight excluding hydrogens is 901 g/mol. The van der Waals surface area contributed by atoms with Gasteiger partial charge >= 0.3 is 17.9 Å². The Labute approximate surface area is 456 Å². The van der Waals surface area contributed by atoms with E-state index in [9.17, 15) is 14.4 Å². The maximum absolute atomic E-state index is 12.9. The van der Waals surface area contributed by atoms with Gasteiger partial charge in [0, 0.05) is 19.3 Å². The van der Waals surface area contributed by atoms with E-state index >= 15 is 0 Å². The van der Waals surface area contributed by atoms with Crippen molar-refractivity contribution in [2.75, 3.05) is 13.2 Å². The second-order valence-electron chi connectivity index (χ2n) is 22.7. The molecule has 1 unspecified atom stereocenters. The van der Waals surface area contributed by atoms with Gasteiger partial charge in [-0.3, -0.25) is 14.4 Å². The van der Waals surface area contributed by atoms with Crippen LogP contribution in [0.2, 0.25) is 0 Å². The van der Waals surface area contributed by atoms with Crippen LogP contribution in [0.3, 0.4) is 0 Å². The number of carbonyl (C=O) groups is 3. The van der Waals surface area contributed by atoms with Crippen molar-refractivity contribution in [3.8, 4) is 0 Å². The van der Waals surface area contributed by atoms with Crippen LogP contribution in [0.4, 0.5) is 0 Å². The molecular formula is C67H128O6. The topological polar surface area (TPSA) is 78.9 Å². The lowest BCUT2D eigenvalue weighted by molar-refractivity contribution is -0.167. The van der Waals surface area contributed by atoms with Crippen molar-refractivity contribution in [3.63, 3.8) is 0 Å². The van der Waals surface area contributed by atoms with Crippen LogP contribution >= 0.6 is 0 Å². The first-order valence-corrected chi connectivity index (χ1v) is 33.2. The monoisotopic (exact) mass is 1030 g/mol. The van der Waals surface area contributed by atoms with Gasteiger partial charge in [-0.05, 0) is 44.9 Å². The van der Waals surface area contributed by atoms with Gasteiger partial charge in [0.15, 0.2) is 6.10 Å². The van der Waals surface area contributed by atoms with E-state index in [1.807, 2.05) is 0 Å². The molecule has 0 amide bonds. The Kier molecular flexibility index (Phi) is 61.1. The molecule has 0 spiro atoms. The zero-order valence-electron chi connectivity index (χ0n) is 49.7. The first-order chi connectivity index (χ1) is 36.0. The predicted octanol–water partition coefficient (Wildman–Crippen LogP) is 22.4. The minimum atomic E-state index is -0.766. The van der Waals surface area contributed by atoms with Crippen LogP contribution in [0, 0.1) is 0 Å². The van der Waals surface area contributed by atoms with Crippen molar-refractivity contribution in [1.29, 1.82) is 0 Å². The number of hydrogen-bond acceptors (Lipinski definition) is 6. The summed E-state index contributed by atoms with van der Waals surface area (Å²) in [5.74, 6) is -0.832. The molecule has 0 aliphatic carbocycles. The number of hydrogen-bond donors (Lipinski definition) is 0. The van der Waals surface area contributed by atoms with E-state index in [1.165, 1.54) is 283 Å². The summed E-state index contributed by atoms with van der Waals surface area (Å²) in [6.45, 7) is 6.72. The molecule has 0 aromatic carbocycles. The molecule has 0 N–H and O–H groups in total. The third-order valence-electron chi connectivity index (χ3n) is 15.3. The van der Waals surface area contributed by atoms with Crippen LogP contribution in [-0.2, 0) is 28.6 Å². The van der Waals surface area contributed by atoms with Crippen molar-refractivity contribution in [1.82, 2.24) is 0 Å². The van der Waals surface area contributed by atoms with Gasteiger partial charge in [0.1, 0.15) is 13.2 Å². The quantitative estimate of drug-likeness (QED) is 0.0261. The molecule has 0 aromatic heterocycles. The fourth-order valence-electron chi connectivity index (χ4n) is 10.3. The normalized spacial score (nSPS) is 12.0. The van der Waals surface area contributed by atoms with E-state index in [4.69, 9.17) is 14.2 Å². The number of carbonyl (C=O) groups excluding carboxylic acids is 3. The molecule has 1 atom stereocenters. The Morgan fingerprint density at radius 1 is 0.260 bits per heavy atom. The molecule has 0 saturated carbocycles. The molecule has 73 heavy (non-hydrogen) atoms. The lowest BCUT2D eigenvalue weighted by atomic mass is 10.0. The summed E-state index contributed by atoms with van der Waals surface area (Å²) in [6, 6.07) is 0. The Bertz CT molecular complexity index is 1130. The van der Waals surface area contributed by atoms with Gasteiger partial charge in [-0.25, -0.2) is 0 Å². The highest BCUT2D eigenvalue weighted by atomic mass is 16.6. The van der Waals surface area contributed by atoms with Crippen LogP contribution in [0.15, 0.2) is 12.2 Å². The highest BCUT2D eigenvalue weighted by molar-refractivity contribution is 5.71. The van der Waals surface area contributed by atoms with Crippen LogP contribution < -0.4 is 0 Å². The summed E-state index contributed by atoms with van der Waals surface area (Å²) in [6.07, 6.45) is 73.6. The maximum atomic E-state index is 12.9. The van der Waals surface area contributed by atoms with Crippen LogP contribution in [0.1, 0.15) is 380 Å². The van der Waals surface area contributed by atoms with Crippen molar-refractivity contribution >= 4 is 17.9 Å². The van der Waals surface area contributed by atoms with Gasteiger partial charge in [-0.15, -0.1) is 0 Å². The molecule has 432 valence electrons. The lowest BCUT2D eigenvalue weighted by Crippen LogP contribution is -2.30. The molecule has 0 saturated heterocycles. The number of rotatable bonds is 62. The molecule has 0 rings (SSSR count). The third kappa shape index (κ3) is 60.9. The maximum Gasteiger partial charge on any atom is 0.306 e. The van der Waals surface area contributed by atoms with Gasteiger partial charge in [0.05, 0.1) is 0 Å². The van der Waals surface area contributed by atoms with E-state index in [1.54, 1.807) is 0 Å². The Morgan fingerprint density at radius 3 is 0.685 bits per heavy atom. The van der Waals surface area contributed by atoms with Crippen molar-refractivity contribution < 1.29 is 28.6 Å². The van der Waals surface area contributed by atoms with Crippen molar-refractivity contribution in [3.05, 3.63) is 12.2 Å². The SMILES string of the molecule is CCCCCCCCCC/C=C\CCCCCCCCCCCC(=O)OCC(COC(=O)CCCCCCCCCCCCCCCCCCC)OC(=O)CCCCCCCCCCCCCCCCCCC. The van der Waals surface area contributed by atoms with Crippen LogP contribution in [0.5, 0.6) is 0 Å². The number of allylic oxidation sites excluding steroid dienone is 2. The second kappa shape index (κ2) is 62.7. The predicted molar refractivity (Wildman–Crippen MR) is 317 cm³/mol. The molecule has 0 radical (unpaired) electrons. The van der Waals surface area contributed by atoms with Gasteiger partial charge < -0.3 is 14.2 Å². The standard InChI is InChI=1S/C67H128O6/c1-4-7-10-13-16-19-22-25-28-31-32-33-34-37-39-42-45-48-51-54-57-60-66(69)72-63-64(73-67(70)61-58-55-52-49-46-43-40-36-30-27-24-21-18-15-12-9-6-3)62-71-65(68)59-56-53-50-47-44-41-38-35-29-26-23-20-17-14-11-8-5-2/h31-32,64H,4-30,33-63H2,1-3H3/b32-31-. The van der Waals surface area contributed by atoms with Crippen LogP contribution in [-0.4, -0.2) is 37.2 Å². The van der Waals surface area contributed by atoms with E-state index in [0.29, 0.717) is 19.3 Å². The number of unbranched alkanes of at least 4 members (excludes halogenated alkanes) is 49. The fraction of sp³-hybridized carbons (Fsp3) is 0.925. The van der Waals surface area contributed by atoms with E-state index < -0.39 is 6.10 Å². The zero-order chi connectivity index (χ0) is 52.9. The van der Waals surface area contributed by atoms with Crippen LogP contribution in [0.25, 0.3) is 0 Å². The van der Waals surface area contributed by atoms with E-state index in [2.05, 4.69) is 32.9 Å². The third-order valence-corrected chi connectivity index (χ3v) is 15.3. The summed E-state index contributed by atoms with van der Waals surface area (Å²) < 4.78 is 17.0. The minimum Gasteiger partial charge on any atom is -0.462 e. The van der Waals surface area contributed by atoms with Gasteiger partial charge in [0.25, 0.3) is 0 Å². The Balaban J connectivity index is 4.29. The molecule has 0 heterocycles. The fourth-order valence-corrected chi connectivity index (χ4v) is 10.3. The largest absolute Gasteiger partial charge is 0.462 e. The number of esters is 3. The Morgan fingerprint density at radius 2 is 0.452 bits per heavy atom. The zero-order valence-corrected chi connectivity index (χ0v) is 49.7. The first kappa shape index (κ1) is 71.2. The van der Waals surface area contributed by atoms with Gasteiger partial charge in [-0.2, -0.15) is 0 Å². The van der Waals surface area contributed by atoms with E-state index in [0.717, 1.165) is 57.8 Å². The summed E-state index contributed by atoms with van der Waals surface area (Å²) in [5, 5.41) is 0. The molecule has 6 nitrogen and oxygen atoms in total. The Hall–Kier alpha value is -1.85. The second-order valence-corrected chi connectivity index (χ2v) is 22.7. The van der Waals surface area contributed by atoms with Gasteiger partial charge in [-0.1, -0.05) is 328 Å². The molecule has 0 aromatic rings. The van der Waals surface area contributed by atoms with Gasteiger partial charge in [0.2, 0.25) is 0 Å². The average molecular weight is 1030 g/mol. The highest BCUT2D eigenvalue weighted by Crippen LogP contribution is 2.18.